The quantitative estimate of drug-likeness (QED) is 0.404. The number of nitrogens with zero attached hydrogens (tertiary/aromatic N) is 4. The Bertz CT molecular complexity index is 1770. The standard InChI is InChI=1S/C28H20F3N5O3/c29-28(30,31)25-21-12-13-35(18-10-8-16(9-11-18)20-6-2-1-4-17(20)15-37)27(38)24(21)36(33-25)19-5-3-7-23-22(14-19)26(32)34-39-23/h1-11,14-15,19H,12-13H2,(H2,32,34). The average molecular weight is 531 g/mol. The third kappa shape index (κ3) is 4.12. The molecule has 0 bridgehead atoms. The van der Waals surface area contributed by atoms with Crippen molar-refractivity contribution in [1.82, 2.24) is 14.9 Å². The van der Waals surface area contributed by atoms with E-state index in [-0.39, 0.29) is 30.0 Å². The molecule has 196 valence electrons. The van der Waals surface area contributed by atoms with Gasteiger partial charge in [-0.05, 0) is 41.8 Å². The number of carbonyl (C=O) groups is 2. The van der Waals surface area contributed by atoms with Crippen molar-refractivity contribution in [3.05, 3.63) is 93.8 Å². The SMILES string of the molecule is Nc1noc2c1=CC(n1nc(C(F)(F)F)c3c1C(=O)N(c1ccc(-c4ccccc4C=O)cc1)CC3)C=CC=2. The minimum Gasteiger partial charge on any atom is -0.380 e. The fourth-order valence-electron chi connectivity index (χ4n) is 5.00. The van der Waals surface area contributed by atoms with Crippen LogP contribution in [0.3, 0.4) is 0 Å². The third-order valence-corrected chi connectivity index (χ3v) is 6.85. The van der Waals surface area contributed by atoms with Crippen LogP contribution < -0.4 is 21.3 Å². The van der Waals surface area contributed by atoms with E-state index in [2.05, 4.69) is 10.3 Å². The molecule has 1 unspecified atom stereocenters. The minimum absolute atomic E-state index is 0.0329. The Kier molecular flexibility index (Phi) is 5.71. The van der Waals surface area contributed by atoms with Gasteiger partial charge in [0.1, 0.15) is 5.69 Å². The Morgan fingerprint density at radius 2 is 1.87 bits per heavy atom. The summed E-state index contributed by atoms with van der Waals surface area (Å²) in [5.74, 6) is -0.523. The summed E-state index contributed by atoms with van der Waals surface area (Å²) in [4.78, 5) is 26.6. The summed E-state index contributed by atoms with van der Waals surface area (Å²) in [5.41, 5.74) is 7.42. The summed E-state index contributed by atoms with van der Waals surface area (Å²) < 4.78 is 48.2. The molecule has 1 aliphatic carbocycles. The summed E-state index contributed by atoms with van der Waals surface area (Å²) >= 11 is 0. The van der Waals surface area contributed by atoms with Gasteiger partial charge in [0.2, 0.25) is 0 Å². The number of hydrogen-bond donors (Lipinski definition) is 1. The van der Waals surface area contributed by atoms with Crippen molar-refractivity contribution in [2.75, 3.05) is 17.2 Å². The number of amides is 1. The first kappa shape index (κ1) is 24.4. The highest BCUT2D eigenvalue weighted by Gasteiger charge is 2.43. The van der Waals surface area contributed by atoms with E-state index in [1.54, 1.807) is 60.7 Å². The molecule has 0 saturated heterocycles. The molecule has 3 heterocycles. The second-order valence-corrected chi connectivity index (χ2v) is 9.13. The van der Waals surface area contributed by atoms with Crippen LogP contribution in [0.4, 0.5) is 24.7 Å². The van der Waals surface area contributed by atoms with Crippen LogP contribution >= 0.6 is 0 Å². The van der Waals surface area contributed by atoms with Gasteiger partial charge in [-0.2, -0.15) is 18.3 Å². The molecule has 0 saturated carbocycles. The Morgan fingerprint density at radius 1 is 1.10 bits per heavy atom. The number of fused-ring (bicyclic) bond motifs is 2. The number of aldehydes is 1. The molecule has 1 amide bonds. The third-order valence-electron chi connectivity index (χ3n) is 6.85. The van der Waals surface area contributed by atoms with E-state index < -0.39 is 23.8 Å². The predicted molar refractivity (Wildman–Crippen MR) is 137 cm³/mol. The molecule has 0 fully saturated rings. The van der Waals surface area contributed by atoms with Gasteiger partial charge in [0.05, 0.1) is 11.3 Å². The van der Waals surface area contributed by atoms with Gasteiger partial charge < -0.3 is 15.2 Å². The zero-order valence-corrected chi connectivity index (χ0v) is 20.2. The van der Waals surface area contributed by atoms with Crippen LogP contribution in [-0.4, -0.2) is 33.7 Å². The number of aromatic nitrogens is 3. The van der Waals surface area contributed by atoms with Crippen molar-refractivity contribution in [1.29, 1.82) is 0 Å². The van der Waals surface area contributed by atoms with Crippen molar-refractivity contribution >= 4 is 35.9 Å². The molecular formula is C28H20F3N5O3. The van der Waals surface area contributed by atoms with Gasteiger partial charge in [-0.15, -0.1) is 0 Å². The number of rotatable bonds is 4. The molecular weight excluding hydrogens is 511 g/mol. The van der Waals surface area contributed by atoms with Crippen molar-refractivity contribution in [2.24, 2.45) is 0 Å². The Labute approximate surface area is 219 Å². The molecule has 11 heteroatoms. The van der Waals surface area contributed by atoms with Crippen LogP contribution in [0.25, 0.3) is 23.3 Å². The molecule has 6 rings (SSSR count). The molecule has 8 nitrogen and oxygen atoms in total. The van der Waals surface area contributed by atoms with Gasteiger partial charge in [-0.1, -0.05) is 53.7 Å². The van der Waals surface area contributed by atoms with Gasteiger partial charge in [0.15, 0.2) is 23.2 Å². The normalized spacial score (nSPS) is 16.6. The number of benzene rings is 2. The van der Waals surface area contributed by atoms with Crippen LogP contribution in [0.15, 0.2) is 65.2 Å². The molecule has 2 aliphatic rings. The average Bonchev–Trinajstić information content (AvgIpc) is 3.42. The summed E-state index contributed by atoms with van der Waals surface area (Å²) in [6.07, 6.45) is 2.36. The number of halogens is 3. The van der Waals surface area contributed by atoms with Gasteiger partial charge in [-0.25, -0.2) is 4.68 Å². The lowest BCUT2D eigenvalue weighted by Crippen LogP contribution is -2.39. The zero-order chi connectivity index (χ0) is 27.3. The van der Waals surface area contributed by atoms with E-state index in [9.17, 15) is 22.8 Å². The predicted octanol–water partition coefficient (Wildman–Crippen LogP) is 3.53. The molecule has 4 aromatic rings. The van der Waals surface area contributed by atoms with Crippen LogP contribution in [0.2, 0.25) is 0 Å². The molecule has 39 heavy (non-hydrogen) atoms. The topological polar surface area (TPSA) is 107 Å². The molecule has 1 aliphatic heterocycles. The Balaban J connectivity index is 1.42. The van der Waals surface area contributed by atoms with Crippen molar-refractivity contribution in [2.45, 2.75) is 18.6 Å². The highest BCUT2D eigenvalue weighted by Crippen LogP contribution is 2.38. The van der Waals surface area contributed by atoms with Crippen LogP contribution in [-0.2, 0) is 12.6 Å². The number of anilines is 2. The number of nitrogen functional groups attached to an aromatic ring is 1. The van der Waals surface area contributed by atoms with Gasteiger partial charge in [0, 0.05) is 23.4 Å². The van der Waals surface area contributed by atoms with E-state index in [0.29, 0.717) is 21.9 Å². The lowest BCUT2D eigenvalue weighted by molar-refractivity contribution is -0.142. The molecule has 2 N–H and O–H groups in total. The number of hydrogen-bond acceptors (Lipinski definition) is 6. The zero-order valence-electron chi connectivity index (χ0n) is 20.2. The Hall–Kier alpha value is -4.93. The van der Waals surface area contributed by atoms with Crippen molar-refractivity contribution in [3.8, 4) is 11.1 Å². The molecule has 2 aromatic heterocycles. The number of allylic oxidation sites excluding steroid dienone is 2. The lowest BCUT2D eigenvalue weighted by Gasteiger charge is -2.28. The maximum absolute atomic E-state index is 14.0. The molecule has 0 radical (unpaired) electrons. The second kappa shape index (κ2) is 9.12. The maximum Gasteiger partial charge on any atom is 0.435 e. The van der Waals surface area contributed by atoms with Gasteiger partial charge >= 0.3 is 6.18 Å². The monoisotopic (exact) mass is 531 g/mol. The Morgan fingerprint density at radius 3 is 2.62 bits per heavy atom. The van der Waals surface area contributed by atoms with Crippen molar-refractivity contribution in [3.63, 3.8) is 0 Å². The first-order valence-electron chi connectivity index (χ1n) is 12.0. The first-order valence-corrected chi connectivity index (χ1v) is 12.0. The fourth-order valence-corrected chi connectivity index (χ4v) is 5.00. The van der Waals surface area contributed by atoms with Crippen LogP contribution in [0, 0.1) is 0 Å². The maximum atomic E-state index is 14.0. The van der Waals surface area contributed by atoms with E-state index in [1.165, 1.54) is 4.90 Å². The van der Waals surface area contributed by atoms with E-state index in [4.69, 9.17) is 10.3 Å². The number of alkyl halides is 3. The lowest BCUT2D eigenvalue weighted by atomic mass is 9.99. The van der Waals surface area contributed by atoms with Crippen LogP contribution in [0.1, 0.15) is 38.1 Å². The second-order valence-electron chi connectivity index (χ2n) is 9.13. The number of carbonyl (C=O) groups excluding carboxylic acids is 2. The summed E-state index contributed by atoms with van der Waals surface area (Å²) in [6.45, 7) is 0.0472. The summed E-state index contributed by atoms with van der Waals surface area (Å²) in [6, 6.07) is 13.2. The fraction of sp³-hybridized carbons (Fsp3) is 0.143. The van der Waals surface area contributed by atoms with Gasteiger partial charge in [0.25, 0.3) is 5.91 Å². The first-order chi connectivity index (χ1) is 18.8. The highest BCUT2D eigenvalue weighted by atomic mass is 19.4. The largest absolute Gasteiger partial charge is 0.435 e. The van der Waals surface area contributed by atoms with E-state index >= 15 is 0 Å². The summed E-state index contributed by atoms with van der Waals surface area (Å²) in [7, 11) is 0. The van der Waals surface area contributed by atoms with E-state index in [0.717, 1.165) is 22.1 Å². The van der Waals surface area contributed by atoms with Crippen LogP contribution in [0.5, 0.6) is 0 Å². The molecule has 2 aromatic carbocycles. The summed E-state index contributed by atoms with van der Waals surface area (Å²) in [5, 5.41) is 8.01. The van der Waals surface area contributed by atoms with E-state index in [1.807, 2.05) is 12.1 Å². The van der Waals surface area contributed by atoms with Crippen molar-refractivity contribution < 1.29 is 27.3 Å². The smallest absolute Gasteiger partial charge is 0.380 e. The number of nitrogens with two attached hydrogens (primary N) is 1. The molecule has 1 atom stereocenters. The minimum atomic E-state index is -4.74. The van der Waals surface area contributed by atoms with Gasteiger partial charge in [-0.3, -0.25) is 9.59 Å². The highest BCUT2D eigenvalue weighted by molar-refractivity contribution is 6.07. The molecule has 0 spiro atoms.